The molecule has 0 aliphatic carbocycles. The molecule has 1 aromatic heterocycles. The van der Waals surface area contributed by atoms with Crippen LogP contribution in [0.5, 0.6) is 0 Å². The number of pyridine rings is 1. The molecule has 0 fully saturated rings. The number of nitrogens with zero attached hydrogens (tertiary/aromatic N) is 1. The van der Waals surface area contributed by atoms with Crippen LogP contribution < -0.4 is 0 Å². The Bertz CT molecular complexity index is 291. The highest BCUT2D eigenvalue weighted by molar-refractivity contribution is 5.47. The van der Waals surface area contributed by atoms with Gasteiger partial charge in [-0.3, -0.25) is 4.98 Å². The first-order chi connectivity index (χ1) is 5.72. The summed E-state index contributed by atoms with van der Waals surface area (Å²) in [6, 6.07) is 4.11. The van der Waals surface area contributed by atoms with Gasteiger partial charge in [-0.15, -0.1) is 0 Å². The monoisotopic (exact) mass is 159 g/mol. The molecular weight excluding hydrogens is 146 g/mol. The van der Waals surface area contributed by atoms with Gasteiger partial charge < -0.3 is 0 Å². The van der Waals surface area contributed by atoms with Crippen LogP contribution in [0.3, 0.4) is 0 Å². The molecule has 0 radical (unpaired) electrons. The molecule has 0 spiro atoms. The van der Waals surface area contributed by atoms with E-state index in [2.05, 4.69) is 24.6 Å². The van der Waals surface area contributed by atoms with Gasteiger partial charge in [-0.1, -0.05) is 18.7 Å². The second kappa shape index (κ2) is 3.86. The summed E-state index contributed by atoms with van der Waals surface area (Å²) >= 11 is 0. The average Bonchev–Trinajstić information content (AvgIpc) is 1.99. The highest BCUT2D eigenvalue weighted by Crippen LogP contribution is 2.05. The van der Waals surface area contributed by atoms with Gasteiger partial charge in [0.05, 0.1) is 5.69 Å². The van der Waals surface area contributed by atoms with Crippen LogP contribution in [0.15, 0.2) is 30.9 Å². The fourth-order valence-corrected chi connectivity index (χ4v) is 1.12. The summed E-state index contributed by atoms with van der Waals surface area (Å²) in [5.74, 6) is 0. The summed E-state index contributed by atoms with van der Waals surface area (Å²) in [7, 11) is 0. The number of aromatic nitrogens is 1. The van der Waals surface area contributed by atoms with Crippen molar-refractivity contribution in [2.24, 2.45) is 0 Å². The molecule has 1 heterocycles. The zero-order valence-corrected chi connectivity index (χ0v) is 7.54. The molecule has 0 aliphatic rings. The van der Waals surface area contributed by atoms with E-state index in [0.29, 0.717) is 0 Å². The summed E-state index contributed by atoms with van der Waals surface area (Å²) in [5.41, 5.74) is 3.29. The molecule has 1 aromatic rings. The van der Waals surface area contributed by atoms with Gasteiger partial charge in [0.2, 0.25) is 0 Å². The van der Waals surface area contributed by atoms with Crippen LogP contribution in [0.25, 0.3) is 6.08 Å². The van der Waals surface area contributed by atoms with Crippen LogP contribution in [0.1, 0.15) is 17.0 Å². The minimum atomic E-state index is 0.993. The Morgan fingerprint density at radius 3 is 2.67 bits per heavy atom. The zero-order valence-electron chi connectivity index (χ0n) is 7.54. The van der Waals surface area contributed by atoms with E-state index in [-0.39, 0.29) is 0 Å². The highest BCUT2D eigenvalue weighted by atomic mass is 14.7. The maximum atomic E-state index is 4.34. The maximum absolute atomic E-state index is 4.34. The van der Waals surface area contributed by atoms with Crippen LogP contribution in [0, 0.1) is 13.8 Å². The minimum absolute atomic E-state index is 0.993. The Morgan fingerprint density at radius 2 is 2.08 bits per heavy atom. The third-order valence-corrected chi connectivity index (χ3v) is 1.52. The predicted molar refractivity (Wildman–Crippen MR) is 52.9 cm³/mol. The number of hydrogen-bond donors (Lipinski definition) is 0. The molecule has 0 bridgehead atoms. The van der Waals surface area contributed by atoms with E-state index in [0.717, 1.165) is 11.4 Å². The predicted octanol–water partition coefficient (Wildman–Crippen LogP) is 2.90. The molecule has 0 unspecified atom stereocenters. The lowest BCUT2D eigenvalue weighted by atomic mass is 10.2. The standard InChI is InChI=1S/C11H13N/c1-4-5-6-11-8-9(2)7-10(3)12-11/h4-8H,1H2,2-3H3/b6-5+. The molecule has 0 aliphatic heterocycles. The van der Waals surface area contributed by atoms with Crippen molar-refractivity contribution >= 4 is 6.08 Å². The number of hydrogen-bond acceptors (Lipinski definition) is 1. The van der Waals surface area contributed by atoms with Crippen molar-refractivity contribution in [1.82, 2.24) is 4.98 Å². The average molecular weight is 159 g/mol. The number of aryl methyl sites for hydroxylation is 2. The first-order valence-electron chi connectivity index (χ1n) is 3.97. The first-order valence-corrected chi connectivity index (χ1v) is 3.97. The first kappa shape index (κ1) is 8.72. The van der Waals surface area contributed by atoms with E-state index in [9.17, 15) is 0 Å². The van der Waals surface area contributed by atoms with E-state index in [1.54, 1.807) is 6.08 Å². The second-order valence-corrected chi connectivity index (χ2v) is 2.81. The number of rotatable bonds is 2. The zero-order chi connectivity index (χ0) is 8.97. The molecule has 12 heavy (non-hydrogen) atoms. The van der Waals surface area contributed by atoms with Crippen molar-refractivity contribution in [1.29, 1.82) is 0 Å². The topological polar surface area (TPSA) is 12.9 Å². The minimum Gasteiger partial charge on any atom is -0.254 e. The molecular formula is C11H13N. The SMILES string of the molecule is C=C/C=C/c1cc(C)cc(C)n1. The molecule has 0 atom stereocenters. The molecule has 0 aromatic carbocycles. The Kier molecular flexibility index (Phi) is 2.81. The van der Waals surface area contributed by atoms with Crippen molar-refractivity contribution in [3.8, 4) is 0 Å². The Balaban J connectivity index is 3.00. The lowest BCUT2D eigenvalue weighted by Gasteiger charge is -1.97. The van der Waals surface area contributed by atoms with Gasteiger partial charge in [-0.25, -0.2) is 0 Å². The Labute approximate surface area is 73.5 Å². The van der Waals surface area contributed by atoms with E-state index >= 15 is 0 Å². The molecule has 0 amide bonds. The van der Waals surface area contributed by atoms with Gasteiger partial charge in [-0.05, 0) is 37.6 Å². The van der Waals surface area contributed by atoms with Gasteiger partial charge in [0.25, 0.3) is 0 Å². The summed E-state index contributed by atoms with van der Waals surface area (Å²) in [6.45, 7) is 7.67. The van der Waals surface area contributed by atoms with Gasteiger partial charge >= 0.3 is 0 Å². The molecule has 62 valence electrons. The van der Waals surface area contributed by atoms with Crippen LogP contribution in [-0.4, -0.2) is 4.98 Å². The summed E-state index contributed by atoms with van der Waals surface area (Å²) in [4.78, 5) is 4.34. The lowest BCUT2D eigenvalue weighted by molar-refractivity contribution is 1.16. The van der Waals surface area contributed by atoms with Crippen LogP contribution in [0.2, 0.25) is 0 Å². The van der Waals surface area contributed by atoms with E-state index in [1.807, 2.05) is 25.1 Å². The Morgan fingerprint density at radius 1 is 1.33 bits per heavy atom. The van der Waals surface area contributed by atoms with E-state index < -0.39 is 0 Å². The fourth-order valence-electron chi connectivity index (χ4n) is 1.12. The second-order valence-electron chi connectivity index (χ2n) is 2.81. The smallest absolute Gasteiger partial charge is 0.0635 e. The van der Waals surface area contributed by atoms with Crippen molar-refractivity contribution in [2.45, 2.75) is 13.8 Å². The maximum Gasteiger partial charge on any atom is 0.0635 e. The number of allylic oxidation sites excluding steroid dienone is 2. The van der Waals surface area contributed by atoms with Gasteiger partial charge in [0.15, 0.2) is 0 Å². The fraction of sp³-hybridized carbons (Fsp3) is 0.182. The van der Waals surface area contributed by atoms with Crippen LogP contribution >= 0.6 is 0 Å². The third-order valence-electron chi connectivity index (χ3n) is 1.52. The van der Waals surface area contributed by atoms with E-state index in [4.69, 9.17) is 0 Å². The summed E-state index contributed by atoms with van der Waals surface area (Å²) in [6.07, 6.45) is 5.59. The molecule has 1 rings (SSSR count). The van der Waals surface area contributed by atoms with Crippen molar-refractivity contribution in [3.63, 3.8) is 0 Å². The van der Waals surface area contributed by atoms with Crippen molar-refractivity contribution < 1.29 is 0 Å². The largest absolute Gasteiger partial charge is 0.254 e. The lowest BCUT2D eigenvalue weighted by Crippen LogP contribution is -1.86. The van der Waals surface area contributed by atoms with Gasteiger partial charge in [0, 0.05) is 5.69 Å². The summed E-state index contributed by atoms with van der Waals surface area (Å²) < 4.78 is 0. The van der Waals surface area contributed by atoms with Crippen molar-refractivity contribution in [3.05, 3.63) is 47.8 Å². The molecule has 0 saturated heterocycles. The highest BCUT2D eigenvalue weighted by Gasteiger charge is 1.91. The molecule has 0 saturated carbocycles. The van der Waals surface area contributed by atoms with Crippen molar-refractivity contribution in [2.75, 3.05) is 0 Å². The van der Waals surface area contributed by atoms with Gasteiger partial charge in [-0.2, -0.15) is 0 Å². The molecule has 1 heteroatoms. The summed E-state index contributed by atoms with van der Waals surface area (Å²) in [5, 5.41) is 0. The van der Waals surface area contributed by atoms with Gasteiger partial charge in [0.1, 0.15) is 0 Å². The normalized spacial score (nSPS) is 10.5. The molecule has 0 N–H and O–H groups in total. The third kappa shape index (κ3) is 2.35. The van der Waals surface area contributed by atoms with Crippen LogP contribution in [0.4, 0.5) is 0 Å². The van der Waals surface area contributed by atoms with Crippen LogP contribution in [-0.2, 0) is 0 Å². The Hall–Kier alpha value is -1.37. The molecule has 1 nitrogen and oxygen atoms in total. The van der Waals surface area contributed by atoms with E-state index in [1.165, 1.54) is 5.56 Å². The quantitative estimate of drug-likeness (QED) is 0.604.